The zero-order chi connectivity index (χ0) is 51.4. The molecule has 0 radical (unpaired) electrons. The Morgan fingerprint density at radius 2 is 0.675 bits per heavy atom. The Hall–Kier alpha value is -8.86. The largest absolute Gasteiger partial charge is 0.308 e. The van der Waals surface area contributed by atoms with Gasteiger partial charge >= 0.3 is 0 Å². The molecule has 4 heterocycles. The van der Waals surface area contributed by atoms with Crippen molar-refractivity contribution in [2.24, 2.45) is 0 Å². The first-order valence-electron chi connectivity index (χ1n) is 27.5. The van der Waals surface area contributed by atoms with Crippen LogP contribution in [0.3, 0.4) is 0 Å². The van der Waals surface area contributed by atoms with Gasteiger partial charge in [0.05, 0.1) is 44.9 Å². The summed E-state index contributed by atoms with van der Waals surface area (Å²) in [5.74, 6) is -0.476. The third kappa shape index (κ3) is 5.07. The molecule has 0 aliphatic heterocycles. The van der Waals surface area contributed by atoms with Crippen LogP contribution in [-0.4, -0.2) is 20.4 Å². The van der Waals surface area contributed by atoms with E-state index in [1.165, 1.54) is 110 Å². The van der Waals surface area contributed by atoms with Gasteiger partial charge < -0.3 is 8.80 Å². The molecule has 77 heavy (non-hydrogen) atoms. The molecule has 4 bridgehead atoms. The first-order chi connectivity index (χ1) is 37.4. The Bertz CT molecular complexity index is 5010. The van der Waals surface area contributed by atoms with Gasteiger partial charge in [0.15, 0.2) is 11.6 Å². The number of rotatable bonds is 1. The van der Waals surface area contributed by atoms with E-state index in [4.69, 9.17) is 0 Å². The Kier molecular flexibility index (Phi) is 7.67. The van der Waals surface area contributed by atoms with Crippen LogP contribution in [-0.2, 0) is 5.41 Å². The fraction of sp³-hybridized carbons (Fsp3) is 0.151. The molecule has 0 amide bonds. The van der Waals surface area contributed by atoms with Crippen LogP contribution in [0.5, 0.6) is 0 Å². The van der Waals surface area contributed by atoms with Gasteiger partial charge in [0.1, 0.15) is 0 Å². The van der Waals surface area contributed by atoms with Gasteiger partial charge in [-0.3, -0.25) is 9.59 Å². The Morgan fingerprint density at radius 1 is 0.351 bits per heavy atom. The number of carbonyl (C=O) groups excluding carboxylic acids is 2. The second-order valence-electron chi connectivity index (χ2n) is 24.3. The number of benzene rings is 10. The number of nitrogens with zero attached hydrogens (tertiary/aromatic N) is 2. The van der Waals surface area contributed by atoms with Gasteiger partial charge in [-0.1, -0.05) is 136 Å². The molecule has 0 saturated carbocycles. The fourth-order valence-corrected chi connectivity index (χ4v) is 16.2. The number of fused-ring (bicyclic) bond motifs is 12. The van der Waals surface area contributed by atoms with E-state index in [1.807, 2.05) is 0 Å². The van der Waals surface area contributed by atoms with Crippen molar-refractivity contribution in [3.63, 3.8) is 0 Å². The van der Waals surface area contributed by atoms with E-state index in [0.29, 0.717) is 0 Å². The van der Waals surface area contributed by atoms with Crippen molar-refractivity contribution in [2.75, 3.05) is 0 Å². The van der Waals surface area contributed by atoms with Gasteiger partial charge in [0.2, 0.25) is 0 Å². The average Bonchev–Trinajstić information content (AvgIpc) is 4.23. The van der Waals surface area contributed by atoms with Crippen LogP contribution in [0.4, 0.5) is 0 Å². The molecule has 364 valence electrons. The van der Waals surface area contributed by atoms with Crippen molar-refractivity contribution >= 4 is 87.8 Å². The van der Waals surface area contributed by atoms with Crippen molar-refractivity contribution in [1.82, 2.24) is 8.80 Å². The van der Waals surface area contributed by atoms with Crippen molar-refractivity contribution < 1.29 is 9.59 Å². The fourth-order valence-electron chi connectivity index (χ4n) is 16.2. The lowest BCUT2D eigenvalue weighted by atomic mass is 9.72. The summed E-state index contributed by atoms with van der Waals surface area (Å²) in [4.78, 5) is 31.0. The molecular formula is C73H50N2O2. The van der Waals surface area contributed by atoms with Crippen LogP contribution in [0, 0.1) is 20.8 Å². The van der Waals surface area contributed by atoms with E-state index in [1.54, 1.807) is 0 Å². The number of ketones is 2. The molecular weight excluding hydrogens is 937 g/mol. The van der Waals surface area contributed by atoms with Crippen LogP contribution in [0.15, 0.2) is 170 Å². The summed E-state index contributed by atoms with van der Waals surface area (Å²) in [7, 11) is 0. The van der Waals surface area contributed by atoms with Crippen LogP contribution >= 0.6 is 0 Å². The van der Waals surface area contributed by atoms with Gasteiger partial charge in [-0.2, -0.15) is 0 Å². The molecule has 0 atom stereocenters. The minimum Gasteiger partial charge on any atom is -0.308 e. The molecule has 0 N–H and O–H groups in total. The summed E-state index contributed by atoms with van der Waals surface area (Å²) in [6, 6.07) is 63.2. The first kappa shape index (κ1) is 42.4. The van der Waals surface area contributed by atoms with E-state index in [-0.39, 0.29) is 40.7 Å². The third-order valence-electron chi connectivity index (χ3n) is 19.2. The van der Waals surface area contributed by atoms with Crippen LogP contribution in [0.1, 0.15) is 143 Å². The van der Waals surface area contributed by atoms with E-state index in [9.17, 15) is 0 Å². The standard InChI is InChI=1S/C73H50N2O2/c1-35-23-36(2)64(37(3)24-35)38-25-54-48-29-52-58(71(76)67-44-19-11-7-15-40(44)65(52)41-16-8-12-20-45(41)67)33-62(48)74-60-32-51-57-28-39(73(4,5)6)27-56-49-30-53-59(34-63(49)75(70(56)57)61(51)31-50(60)55(26-38)69(54)74)72(77)68-46-21-13-9-17-42(46)66(53)43-18-10-14-22-47(43)68/h7-34,65-68H,1-6H3. The number of Topliss-reactive ketones (excluding diaryl/α,β-unsaturated/α-hetero) is 2. The van der Waals surface area contributed by atoms with Crippen LogP contribution in [0.25, 0.3) is 87.3 Å². The van der Waals surface area contributed by atoms with Gasteiger partial charge in [0.25, 0.3) is 0 Å². The molecule has 0 fully saturated rings. The minimum absolute atomic E-state index is 0.0437. The highest BCUT2D eigenvalue weighted by Crippen LogP contribution is 2.56. The molecule has 6 aliphatic rings. The Labute approximate surface area is 444 Å². The highest BCUT2D eigenvalue weighted by Gasteiger charge is 2.45. The maximum absolute atomic E-state index is 15.5. The second-order valence-corrected chi connectivity index (χ2v) is 24.3. The van der Waals surface area contributed by atoms with Crippen molar-refractivity contribution in [2.45, 2.75) is 70.6 Å². The quantitative estimate of drug-likeness (QED) is 0.164. The SMILES string of the molecule is Cc1cc(C)c(-c2cc3c4cc5c(cc4n4c6cc7c8cc(C(C)(C)C)cc9c%10cc%11c(cc%10n(c7cc6c(c2)c34)c98)C(=O)C2c3ccccc3C%11c3ccccc32)C(=O)C2c3ccccc3C5c3ccccc32)c(C)c1. The maximum Gasteiger partial charge on any atom is 0.175 e. The van der Waals surface area contributed by atoms with E-state index in [2.05, 4.69) is 220 Å². The predicted octanol–water partition coefficient (Wildman–Crippen LogP) is 17.5. The van der Waals surface area contributed by atoms with E-state index >= 15 is 9.59 Å². The monoisotopic (exact) mass is 986 g/mol. The Morgan fingerprint density at radius 3 is 1.04 bits per heavy atom. The van der Waals surface area contributed by atoms with Crippen molar-refractivity contribution in [1.29, 1.82) is 0 Å². The molecule has 6 aliphatic carbocycles. The first-order valence-corrected chi connectivity index (χ1v) is 27.5. The number of carbonyl (C=O) groups is 2. The average molecular weight is 987 g/mol. The number of aryl methyl sites for hydroxylation is 3. The highest BCUT2D eigenvalue weighted by molar-refractivity contribution is 6.30. The molecule has 0 spiro atoms. The lowest BCUT2D eigenvalue weighted by molar-refractivity contribution is 0.0966. The molecule has 0 saturated heterocycles. The molecule has 20 rings (SSSR count). The molecule has 0 unspecified atom stereocenters. The second kappa shape index (κ2) is 13.9. The summed E-state index contributed by atoms with van der Waals surface area (Å²) < 4.78 is 4.99. The predicted molar refractivity (Wildman–Crippen MR) is 314 cm³/mol. The zero-order valence-electron chi connectivity index (χ0n) is 43.7. The zero-order valence-corrected chi connectivity index (χ0v) is 43.7. The highest BCUT2D eigenvalue weighted by atomic mass is 16.1. The van der Waals surface area contributed by atoms with Crippen LogP contribution < -0.4 is 0 Å². The Balaban J connectivity index is 0.978. The normalized spacial score (nSPS) is 18.3. The van der Waals surface area contributed by atoms with Gasteiger partial charge in [0, 0.05) is 66.1 Å². The summed E-state index contributed by atoms with van der Waals surface area (Å²) in [5.41, 5.74) is 27.4. The number of aromatic nitrogens is 2. The molecule has 4 aromatic heterocycles. The molecule has 4 nitrogen and oxygen atoms in total. The summed E-state index contributed by atoms with van der Waals surface area (Å²) in [5, 5.41) is 9.52. The molecule has 14 aromatic rings. The number of hydrogen-bond donors (Lipinski definition) is 0. The van der Waals surface area contributed by atoms with E-state index in [0.717, 1.165) is 66.6 Å². The lowest BCUT2D eigenvalue weighted by Crippen LogP contribution is -2.19. The van der Waals surface area contributed by atoms with Gasteiger partial charge in [-0.15, -0.1) is 0 Å². The van der Waals surface area contributed by atoms with Crippen molar-refractivity contribution in [3.8, 4) is 11.1 Å². The van der Waals surface area contributed by atoms with Crippen LogP contribution in [0.2, 0.25) is 0 Å². The minimum atomic E-state index is -0.362. The van der Waals surface area contributed by atoms with E-state index < -0.39 is 0 Å². The van der Waals surface area contributed by atoms with Crippen molar-refractivity contribution in [3.05, 3.63) is 259 Å². The lowest BCUT2D eigenvalue weighted by Gasteiger charge is -2.30. The molecule has 10 aromatic carbocycles. The summed E-state index contributed by atoms with van der Waals surface area (Å²) in [6.45, 7) is 13.6. The van der Waals surface area contributed by atoms with Gasteiger partial charge in [-0.05, 0) is 170 Å². The molecule has 4 heteroatoms. The summed E-state index contributed by atoms with van der Waals surface area (Å²) in [6.07, 6.45) is 0. The number of hydrogen-bond acceptors (Lipinski definition) is 2. The summed E-state index contributed by atoms with van der Waals surface area (Å²) >= 11 is 0. The smallest absolute Gasteiger partial charge is 0.175 e. The maximum atomic E-state index is 15.5. The topological polar surface area (TPSA) is 43.0 Å². The third-order valence-corrected chi connectivity index (χ3v) is 19.2. The van der Waals surface area contributed by atoms with Gasteiger partial charge in [-0.25, -0.2) is 0 Å².